The van der Waals surface area contributed by atoms with Gasteiger partial charge in [-0.15, -0.1) is 0 Å². The molecule has 130 valence electrons. The minimum atomic E-state index is -0.321. The Morgan fingerprint density at radius 1 is 1.04 bits per heavy atom. The molecular formula is C19H21N3O3. The molecule has 0 aromatic heterocycles. The molecule has 0 saturated carbocycles. The zero-order valence-corrected chi connectivity index (χ0v) is 14.3. The molecule has 6 heteroatoms. The Hall–Kier alpha value is -3.15. The van der Waals surface area contributed by atoms with Crippen molar-refractivity contribution in [2.75, 3.05) is 12.4 Å². The Balaban J connectivity index is 1.75. The topological polar surface area (TPSA) is 79.8 Å². The van der Waals surface area contributed by atoms with Crippen LogP contribution in [0.3, 0.4) is 0 Å². The Labute approximate surface area is 146 Å². The van der Waals surface area contributed by atoms with Crippen LogP contribution in [0.15, 0.2) is 53.6 Å². The van der Waals surface area contributed by atoms with E-state index in [2.05, 4.69) is 15.8 Å². The molecular weight excluding hydrogens is 318 g/mol. The SMILES string of the molecule is COc1ccccc1NC(=O)CCC(=O)N/N=C/c1ccc(C)cc1. The molecule has 2 aromatic carbocycles. The standard InChI is InChI=1S/C19H21N3O3/c1-14-7-9-15(10-8-14)13-20-22-19(24)12-11-18(23)21-16-5-3-4-6-17(16)25-2/h3-10,13H,11-12H2,1-2H3,(H,21,23)(H,22,24)/b20-13+. The zero-order valence-electron chi connectivity index (χ0n) is 14.3. The summed E-state index contributed by atoms with van der Waals surface area (Å²) in [6.45, 7) is 2.00. The van der Waals surface area contributed by atoms with Crippen LogP contribution in [0.25, 0.3) is 0 Å². The zero-order chi connectivity index (χ0) is 18.1. The fourth-order valence-corrected chi connectivity index (χ4v) is 2.07. The van der Waals surface area contributed by atoms with E-state index in [-0.39, 0.29) is 24.7 Å². The fourth-order valence-electron chi connectivity index (χ4n) is 2.07. The lowest BCUT2D eigenvalue weighted by Crippen LogP contribution is -2.20. The van der Waals surface area contributed by atoms with E-state index in [1.165, 1.54) is 7.11 Å². The van der Waals surface area contributed by atoms with E-state index in [0.717, 1.165) is 11.1 Å². The van der Waals surface area contributed by atoms with Crippen molar-refractivity contribution in [2.24, 2.45) is 5.10 Å². The first-order chi connectivity index (χ1) is 12.1. The Morgan fingerprint density at radius 2 is 1.72 bits per heavy atom. The van der Waals surface area contributed by atoms with Gasteiger partial charge in [-0.2, -0.15) is 5.10 Å². The molecule has 2 aromatic rings. The average Bonchev–Trinajstić information content (AvgIpc) is 2.62. The maximum absolute atomic E-state index is 11.9. The largest absolute Gasteiger partial charge is 0.495 e. The third-order valence-electron chi connectivity index (χ3n) is 3.44. The summed E-state index contributed by atoms with van der Waals surface area (Å²) in [6.07, 6.45) is 1.67. The number of rotatable bonds is 7. The van der Waals surface area contributed by atoms with Crippen molar-refractivity contribution in [1.29, 1.82) is 0 Å². The molecule has 0 saturated heterocycles. The van der Waals surface area contributed by atoms with E-state index in [1.54, 1.807) is 24.4 Å². The van der Waals surface area contributed by atoms with E-state index in [1.807, 2.05) is 37.3 Å². The summed E-state index contributed by atoms with van der Waals surface area (Å²) in [4.78, 5) is 23.7. The van der Waals surface area contributed by atoms with Crippen LogP contribution >= 0.6 is 0 Å². The number of nitrogens with one attached hydrogen (secondary N) is 2. The Kier molecular flexibility index (Phi) is 6.71. The number of anilines is 1. The summed E-state index contributed by atoms with van der Waals surface area (Å²) in [6, 6.07) is 14.8. The van der Waals surface area contributed by atoms with E-state index < -0.39 is 0 Å². The van der Waals surface area contributed by atoms with Crippen molar-refractivity contribution in [2.45, 2.75) is 19.8 Å². The molecule has 0 radical (unpaired) electrons. The van der Waals surface area contributed by atoms with Crippen molar-refractivity contribution in [1.82, 2.24) is 5.43 Å². The van der Waals surface area contributed by atoms with Gasteiger partial charge in [-0.05, 0) is 24.6 Å². The summed E-state index contributed by atoms with van der Waals surface area (Å²) in [7, 11) is 1.53. The molecule has 6 nitrogen and oxygen atoms in total. The number of methoxy groups -OCH3 is 1. The second kappa shape index (κ2) is 9.22. The van der Waals surface area contributed by atoms with Crippen molar-refractivity contribution < 1.29 is 14.3 Å². The summed E-state index contributed by atoms with van der Waals surface area (Å²) < 4.78 is 5.16. The van der Waals surface area contributed by atoms with E-state index in [4.69, 9.17) is 4.74 Å². The lowest BCUT2D eigenvalue weighted by Gasteiger charge is -2.09. The number of hydrogen-bond donors (Lipinski definition) is 2. The number of para-hydroxylation sites is 2. The van der Waals surface area contributed by atoms with Gasteiger partial charge in [0.05, 0.1) is 19.0 Å². The Morgan fingerprint density at radius 3 is 2.44 bits per heavy atom. The number of ether oxygens (including phenoxy) is 1. The molecule has 0 aliphatic carbocycles. The fraction of sp³-hybridized carbons (Fsp3) is 0.211. The van der Waals surface area contributed by atoms with E-state index >= 15 is 0 Å². The maximum atomic E-state index is 11.9. The van der Waals surface area contributed by atoms with Gasteiger partial charge in [-0.1, -0.05) is 42.0 Å². The molecule has 0 bridgehead atoms. The van der Waals surface area contributed by atoms with Crippen molar-refractivity contribution in [3.05, 3.63) is 59.7 Å². The molecule has 0 aliphatic rings. The number of benzene rings is 2. The summed E-state index contributed by atoms with van der Waals surface area (Å²) in [5.41, 5.74) is 5.03. The second-order valence-electron chi connectivity index (χ2n) is 5.45. The van der Waals surface area contributed by atoms with Gasteiger partial charge in [-0.25, -0.2) is 5.43 Å². The maximum Gasteiger partial charge on any atom is 0.240 e. The lowest BCUT2D eigenvalue weighted by molar-refractivity contribution is -0.124. The van der Waals surface area contributed by atoms with Gasteiger partial charge in [0.25, 0.3) is 0 Å². The molecule has 2 rings (SSSR count). The predicted octanol–water partition coefficient (Wildman–Crippen LogP) is 2.87. The van der Waals surface area contributed by atoms with Gasteiger partial charge < -0.3 is 10.1 Å². The van der Waals surface area contributed by atoms with Gasteiger partial charge in [-0.3, -0.25) is 9.59 Å². The van der Waals surface area contributed by atoms with Crippen molar-refractivity contribution in [3.8, 4) is 5.75 Å². The highest BCUT2D eigenvalue weighted by Gasteiger charge is 2.09. The van der Waals surface area contributed by atoms with Crippen LogP contribution in [0.4, 0.5) is 5.69 Å². The highest BCUT2D eigenvalue weighted by molar-refractivity contribution is 5.94. The highest BCUT2D eigenvalue weighted by atomic mass is 16.5. The van der Waals surface area contributed by atoms with Gasteiger partial charge in [0.15, 0.2) is 0 Å². The van der Waals surface area contributed by atoms with Crippen LogP contribution in [0.2, 0.25) is 0 Å². The van der Waals surface area contributed by atoms with Crippen LogP contribution in [-0.2, 0) is 9.59 Å². The van der Waals surface area contributed by atoms with Gasteiger partial charge >= 0.3 is 0 Å². The molecule has 25 heavy (non-hydrogen) atoms. The number of carbonyl (C=O) groups is 2. The third kappa shape index (κ3) is 6.10. The van der Waals surface area contributed by atoms with Crippen molar-refractivity contribution >= 4 is 23.7 Å². The number of hydrogen-bond acceptors (Lipinski definition) is 4. The molecule has 0 heterocycles. The average molecular weight is 339 g/mol. The van der Waals surface area contributed by atoms with Crippen molar-refractivity contribution in [3.63, 3.8) is 0 Å². The number of aryl methyl sites for hydroxylation is 1. The van der Waals surface area contributed by atoms with E-state index in [9.17, 15) is 9.59 Å². The minimum Gasteiger partial charge on any atom is -0.495 e. The summed E-state index contributed by atoms with van der Waals surface area (Å²) in [5.74, 6) is -0.0105. The first-order valence-corrected chi connectivity index (χ1v) is 7.90. The van der Waals surface area contributed by atoms with E-state index in [0.29, 0.717) is 11.4 Å². The van der Waals surface area contributed by atoms with Crippen LogP contribution in [0.5, 0.6) is 5.75 Å². The van der Waals surface area contributed by atoms with Gasteiger partial charge in [0.1, 0.15) is 5.75 Å². The minimum absolute atomic E-state index is 0.0478. The van der Waals surface area contributed by atoms with Crippen LogP contribution in [0, 0.1) is 6.92 Å². The molecule has 0 fully saturated rings. The summed E-state index contributed by atoms with van der Waals surface area (Å²) in [5, 5.41) is 6.61. The molecule has 0 spiro atoms. The van der Waals surface area contributed by atoms with Crippen LogP contribution < -0.4 is 15.5 Å². The third-order valence-corrected chi connectivity index (χ3v) is 3.44. The second-order valence-corrected chi connectivity index (χ2v) is 5.45. The predicted molar refractivity (Wildman–Crippen MR) is 97.8 cm³/mol. The first kappa shape index (κ1) is 18.2. The monoisotopic (exact) mass is 339 g/mol. The number of amides is 2. The lowest BCUT2D eigenvalue weighted by atomic mass is 10.2. The smallest absolute Gasteiger partial charge is 0.240 e. The number of carbonyl (C=O) groups excluding carboxylic acids is 2. The molecule has 0 aliphatic heterocycles. The quantitative estimate of drug-likeness (QED) is 0.601. The van der Waals surface area contributed by atoms with Crippen LogP contribution in [-0.4, -0.2) is 25.1 Å². The van der Waals surface area contributed by atoms with Gasteiger partial charge in [0, 0.05) is 12.8 Å². The molecule has 0 atom stereocenters. The normalized spacial score (nSPS) is 10.5. The molecule has 2 amide bonds. The number of nitrogens with zero attached hydrogens (tertiary/aromatic N) is 1. The first-order valence-electron chi connectivity index (χ1n) is 7.90. The highest BCUT2D eigenvalue weighted by Crippen LogP contribution is 2.23. The molecule has 2 N–H and O–H groups in total. The number of hydrazone groups is 1. The van der Waals surface area contributed by atoms with Gasteiger partial charge in [0.2, 0.25) is 11.8 Å². The Bertz CT molecular complexity index is 755. The molecule has 0 unspecified atom stereocenters. The van der Waals surface area contributed by atoms with Crippen LogP contribution in [0.1, 0.15) is 24.0 Å². The summed E-state index contributed by atoms with van der Waals surface area (Å²) >= 11 is 0.